The lowest BCUT2D eigenvalue weighted by Crippen LogP contribution is -2.16. The van der Waals surface area contributed by atoms with Crippen LogP contribution in [0.2, 0.25) is 0 Å². The van der Waals surface area contributed by atoms with E-state index in [0.717, 1.165) is 12.2 Å². The van der Waals surface area contributed by atoms with E-state index in [-0.39, 0.29) is 11.5 Å². The maximum atomic E-state index is 5.84. The summed E-state index contributed by atoms with van der Waals surface area (Å²) in [5.41, 5.74) is 1.52. The van der Waals surface area contributed by atoms with E-state index in [9.17, 15) is 0 Å². The van der Waals surface area contributed by atoms with Crippen molar-refractivity contribution in [1.29, 1.82) is 0 Å². The van der Waals surface area contributed by atoms with Crippen LogP contribution in [0.15, 0.2) is 41.5 Å². The Labute approximate surface area is 103 Å². The number of benzene rings is 1. The SMILES string of the molecule is CC(C)(C)c1ccc(OC2C=CN=CC2)cc1. The topological polar surface area (TPSA) is 21.6 Å². The van der Waals surface area contributed by atoms with E-state index in [0.29, 0.717) is 0 Å². The summed E-state index contributed by atoms with van der Waals surface area (Å²) in [7, 11) is 0. The summed E-state index contributed by atoms with van der Waals surface area (Å²) in [5.74, 6) is 0.919. The molecule has 1 heterocycles. The van der Waals surface area contributed by atoms with Gasteiger partial charge in [-0.25, -0.2) is 0 Å². The number of nitrogens with zero attached hydrogens (tertiary/aromatic N) is 1. The van der Waals surface area contributed by atoms with Crippen molar-refractivity contribution in [3.8, 4) is 5.75 Å². The molecule has 1 aliphatic heterocycles. The van der Waals surface area contributed by atoms with Crippen molar-refractivity contribution in [2.24, 2.45) is 4.99 Å². The number of ether oxygens (including phenoxy) is 1. The summed E-state index contributed by atoms with van der Waals surface area (Å²) in [5, 5.41) is 0. The Bertz CT molecular complexity index is 423. The van der Waals surface area contributed by atoms with E-state index < -0.39 is 0 Å². The molecular weight excluding hydrogens is 210 g/mol. The highest BCUT2D eigenvalue weighted by atomic mass is 16.5. The van der Waals surface area contributed by atoms with Crippen LogP contribution in [0.4, 0.5) is 0 Å². The van der Waals surface area contributed by atoms with Crippen molar-refractivity contribution in [1.82, 2.24) is 0 Å². The van der Waals surface area contributed by atoms with Crippen molar-refractivity contribution in [3.05, 3.63) is 42.1 Å². The summed E-state index contributed by atoms with van der Waals surface area (Å²) < 4.78 is 5.84. The van der Waals surface area contributed by atoms with E-state index in [1.165, 1.54) is 5.56 Å². The van der Waals surface area contributed by atoms with Gasteiger partial charge in [0.15, 0.2) is 0 Å². The van der Waals surface area contributed by atoms with Crippen molar-refractivity contribution < 1.29 is 4.74 Å². The molecule has 0 aromatic heterocycles. The van der Waals surface area contributed by atoms with Crippen LogP contribution < -0.4 is 4.74 Å². The van der Waals surface area contributed by atoms with Crippen molar-refractivity contribution >= 4 is 6.21 Å². The van der Waals surface area contributed by atoms with E-state index in [1.807, 2.05) is 24.4 Å². The molecule has 90 valence electrons. The van der Waals surface area contributed by atoms with E-state index in [1.54, 1.807) is 6.20 Å². The summed E-state index contributed by atoms with van der Waals surface area (Å²) in [4.78, 5) is 4.03. The van der Waals surface area contributed by atoms with Gasteiger partial charge in [-0.2, -0.15) is 0 Å². The van der Waals surface area contributed by atoms with E-state index in [4.69, 9.17) is 4.74 Å². The molecular formula is C15H19NO. The highest BCUT2D eigenvalue weighted by molar-refractivity contribution is 5.60. The smallest absolute Gasteiger partial charge is 0.124 e. The quantitative estimate of drug-likeness (QED) is 0.757. The van der Waals surface area contributed by atoms with Crippen LogP contribution in [0.25, 0.3) is 0 Å². The van der Waals surface area contributed by atoms with Gasteiger partial charge in [-0.15, -0.1) is 0 Å². The van der Waals surface area contributed by atoms with E-state index in [2.05, 4.69) is 37.9 Å². The first-order valence-electron chi connectivity index (χ1n) is 6.01. The van der Waals surface area contributed by atoms with Gasteiger partial charge in [-0.05, 0) is 29.2 Å². The molecule has 1 aromatic rings. The summed E-state index contributed by atoms with van der Waals surface area (Å²) in [6.45, 7) is 6.63. The zero-order valence-electron chi connectivity index (χ0n) is 10.7. The van der Waals surface area contributed by atoms with Gasteiger partial charge < -0.3 is 4.74 Å². The summed E-state index contributed by atoms with van der Waals surface area (Å²) in [6.07, 6.45) is 6.62. The molecule has 1 atom stereocenters. The fraction of sp³-hybridized carbons (Fsp3) is 0.400. The Morgan fingerprint density at radius 1 is 1.18 bits per heavy atom. The second-order valence-corrected chi connectivity index (χ2v) is 5.34. The zero-order valence-corrected chi connectivity index (χ0v) is 10.7. The van der Waals surface area contributed by atoms with Crippen LogP contribution in [0.5, 0.6) is 5.75 Å². The van der Waals surface area contributed by atoms with Gasteiger partial charge in [0.2, 0.25) is 0 Å². The second-order valence-electron chi connectivity index (χ2n) is 5.34. The van der Waals surface area contributed by atoms with Gasteiger partial charge in [-0.3, -0.25) is 4.99 Å². The second kappa shape index (κ2) is 4.74. The molecule has 0 radical (unpaired) electrons. The Hall–Kier alpha value is -1.57. The lowest BCUT2D eigenvalue weighted by molar-refractivity contribution is 0.257. The fourth-order valence-corrected chi connectivity index (χ4v) is 1.75. The first-order chi connectivity index (χ1) is 8.05. The van der Waals surface area contributed by atoms with Crippen molar-refractivity contribution in [2.45, 2.75) is 38.7 Å². The lowest BCUT2D eigenvalue weighted by atomic mass is 9.87. The lowest BCUT2D eigenvalue weighted by Gasteiger charge is -2.20. The van der Waals surface area contributed by atoms with Gasteiger partial charge in [0.25, 0.3) is 0 Å². The Morgan fingerprint density at radius 3 is 2.41 bits per heavy atom. The molecule has 0 spiro atoms. The third-order valence-electron chi connectivity index (χ3n) is 2.84. The summed E-state index contributed by atoms with van der Waals surface area (Å²) in [6, 6.07) is 8.35. The predicted molar refractivity (Wildman–Crippen MR) is 71.8 cm³/mol. The van der Waals surface area contributed by atoms with Gasteiger partial charge in [0, 0.05) is 18.8 Å². The van der Waals surface area contributed by atoms with Crippen LogP contribution in [-0.4, -0.2) is 12.3 Å². The van der Waals surface area contributed by atoms with Crippen LogP contribution >= 0.6 is 0 Å². The first kappa shape index (κ1) is 11.9. The molecule has 0 fully saturated rings. The average Bonchev–Trinajstić information content (AvgIpc) is 2.30. The zero-order chi connectivity index (χ0) is 12.3. The number of rotatable bonds is 2. The number of hydrogen-bond acceptors (Lipinski definition) is 2. The first-order valence-corrected chi connectivity index (χ1v) is 6.01. The molecule has 0 bridgehead atoms. The molecule has 1 aliphatic rings. The van der Waals surface area contributed by atoms with Crippen molar-refractivity contribution in [2.75, 3.05) is 0 Å². The highest BCUT2D eigenvalue weighted by Gasteiger charge is 2.13. The Kier molecular flexibility index (Phi) is 3.32. The predicted octanol–water partition coefficient (Wildman–Crippen LogP) is 3.72. The minimum Gasteiger partial charge on any atom is -0.486 e. The maximum absolute atomic E-state index is 5.84. The van der Waals surface area contributed by atoms with Crippen LogP contribution in [0.1, 0.15) is 32.8 Å². The molecule has 0 saturated carbocycles. The molecule has 1 unspecified atom stereocenters. The Morgan fingerprint density at radius 2 is 1.88 bits per heavy atom. The third-order valence-corrected chi connectivity index (χ3v) is 2.84. The summed E-state index contributed by atoms with van der Waals surface area (Å²) >= 11 is 0. The minimum absolute atomic E-state index is 0.119. The largest absolute Gasteiger partial charge is 0.486 e. The van der Waals surface area contributed by atoms with Crippen LogP contribution in [0, 0.1) is 0 Å². The molecule has 2 heteroatoms. The molecule has 0 amide bonds. The molecule has 0 aliphatic carbocycles. The maximum Gasteiger partial charge on any atom is 0.124 e. The van der Waals surface area contributed by atoms with Crippen molar-refractivity contribution in [3.63, 3.8) is 0 Å². The minimum atomic E-state index is 0.119. The molecule has 17 heavy (non-hydrogen) atoms. The molecule has 2 rings (SSSR count). The van der Waals surface area contributed by atoms with Gasteiger partial charge in [0.1, 0.15) is 11.9 Å². The normalized spacial score (nSPS) is 19.4. The number of hydrogen-bond donors (Lipinski definition) is 0. The standard InChI is InChI=1S/C15H19NO/c1-15(2,3)12-4-6-13(7-5-12)17-14-8-10-16-11-9-14/h4-8,10-11,14H,9H2,1-3H3. The van der Waals surface area contributed by atoms with Gasteiger partial charge in [-0.1, -0.05) is 32.9 Å². The molecule has 0 saturated heterocycles. The van der Waals surface area contributed by atoms with Gasteiger partial charge >= 0.3 is 0 Å². The van der Waals surface area contributed by atoms with Crippen LogP contribution in [0.3, 0.4) is 0 Å². The molecule has 1 aromatic carbocycles. The van der Waals surface area contributed by atoms with Crippen LogP contribution in [-0.2, 0) is 5.41 Å². The highest BCUT2D eigenvalue weighted by Crippen LogP contribution is 2.25. The van der Waals surface area contributed by atoms with E-state index >= 15 is 0 Å². The Balaban J connectivity index is 2.03. The number of aliphatic imine (C=N–C) groups is 1. The van der Waals surface area contributed by atoms with Gasteiger partial charge in [0.05, 0.1) is 0 Å². The average molecular weight is 229 g/mol. The molecule has 2 nitrogen and oxygen atoms in total. The monoisotopic (exact) mass is 229 g/mol. The fourth-order valence-electron chi connectivity index (χ4n) is 1.75. The molecule has 0 N–H and O–H groups in total. The third kappa shape index (κ3) is 3.19.